The van der Waals surface area contributed by atoms with Gasteiger partial charge in [-0.15, -0.1) is 0 Å². The Morgan fingerprint density at radius 2 is 2.20 bits per heavy atom. The molecule has 7 heteroatoms. The van der Waals surface area contributed by atoms with E-state index in [-0.39, 0.29) is 4.49 Å². The van der Waals surface area contributed by atoms with Crippen LogP contribution in [-0.4, -0.2) is 12.2 Å². The lowest BCUT2D eigenvalue weighted by Gasteiger charge is -1.94. The minimum absolute atomic E-state index is 0.354. The molecule has 1 heterocycles. The first-order valence-electron chi connectivity index (χ1n) is 3.59. The quantitative estimate of drug-likeness (QED) is 0.369. The molecule has 0 unspecified atom stereocenters. The molecule has 0 aromatic carbocycles. The number of oxime groups is 1. The van der Waals surface area contributed by atoms with E-state index in [2.05, 4.69) is 9.99 Å². The van der Waals surface area contributed by atoms with Crippen molar-refractivity contribution in [2.45, 2.75) is 0 Å². The van der Waals surface area contributed by atoms with Gasteiger partial charge in [-0.25, -0.2) is 4.79 Å². The zero-order valence-electron chi connectivity index (χ0n) is 7.12. The average Bonchev–Trinajstić information content (AvgIpc) is 2.69. The maximum Gasteiger partial charge on any atom is 0.379 e. The van der Waals surface area contributed by atoms with E-state index in [1.165, 1.54) is 17.6 Å². The van der Waals surface area contributed by atoms with Gasteiger partial charge < -0.3 is 4.84 Å². The summed E-state index contributed by atoms with van der Waals surface area (Å²) in [7, 11) is 0. The Labute approximate surface area is 105 Å². The molecule has 1 rings (SSSR count). The zero-order valence-corrected chi connectivity index (χ0v) is 10.2. The molecule has 80 valence electrons. The van der Waals surface area contributed by atoms with Crippen molar-refractivity contribution >= 4 is 58.3 Å². The standard InChI is InChI=1S/C8H4Cl3NO2S/c9-6(7(10)11)8(13)14-12-3-5-1-2-15-4-5/h1-4H. The minimum atomic E-state index is -0.900. The summed E-state index contributed by atoms with van der Waals surface area (Å²) < 4.78 is -0.354. The number of hydrogen-bond donors (Lipinski definition) is 0. The van der Waals surface area contributed by atoms with Gasteiger partial charge >= 0.3 is 5.97 Å². The normalized spacial score (nSPS) is 10.3. The number of rotatable bonds is 3. The highest BCUT2D eigenvalue weighted by atomic mass is 35.5. The van der Waals surface area contributed by atoms with Crippen LogP contribution in [0.25, 0.3) is 0 Å². The molecule has 0 atom stereocenters. The molecular weight excluding hydrogens is 281 g/mol. The number of carbonyl (C=O) groups excluding carboxylic acids is 1. The highest BCUT2D eigenvalue weighted by molar-refractivity contribution is 7.08. The molecule has 0 spiro atoms. The summed E-state index contributed by atoms with van der Waals surface area (Å²) in [5.41, 5.74) is 0.824. The molecule has 0 aliphatic carbocycles. The van der Waals surface area contributed by atoms with Crippen LogP contribution in [0.5, 0.6) is 0 Å². The van der Waals surface area contributed by atoms with Crippen molar-refractivity contribution in [1.29, 1.82) is 0 Å². The van der Waals surface area contributed by atoms with Crippen molar-refractivity contribution in [3.63, 3.8) is 0 Å². The van der Waals surface area contributed by atoms with Crippen molar-refractivity contribution < 1.29 is 9.63 Å². The first-order chi connectivity index (χ1) is 7.11. The highest BCUT2D eigenvalue weighted by Gasteiger charge is 2.11. The molecule has 1 aromatic rings. The molecule has 15 heavy (non-hydrogen) atoms. The summed E-state index contributed by atoms with van der Waals surface area (Å²) in [6, 6.07) is 1.81. The fourth-order valence-electron chi connectivity index (χ4n) is 0.601. The molecule has 0 bridgehead atoms. The molecule has 3 nitrogen and oxygen atoms in total. The Bertz CT molecular complexity index is 396. The number of thiophene rings is 1. The predicted octanol–water partition coefficient (Wildman–Crippen LogP) is 3.51. The monoisotopic (exact) mass is 283 g/mol. The van der Waals surface area contributed by atoms with Crippen molar-refractivity contribution in [1.82, 2.24) is 0 Å². The van der Waals surface area contributed by atoms with Gasteiger partial charge in [0, 0.05) is 5.56 Å². The first-order valence-corrected chi connectivity index (χ1v) is 5.66. The van der Waals surface area contributed by atoms with Gasteiger partial charge in [-0.3, -0.25) is 0 Å². The molecule has 0 fully saturated rings. The van der Waals surface area contributed by atoms with Gasteiger partial charge in [0.1, 0.15) is 4.49 Å². The summed E-state index contributed by atoms with van der Waals surface area (Å²) in [6.45, 7) is 0. The second-order valence-corrected chi connectivity index (χ2v) is 4.35. The van der Waals surface area contributed by atoms with Crippen molar-refractivity contribution in [3.8, 4) is 0 Å². The topological polar surface area (TPSA) is 38.7 Å². The van der Waals surface area contributed by atoms with E-state index < -0.39 is 11.0 Å². The molecule has 0 saturated carbocycles. The molecular formula is C8H4Cl3NO2S. The molecule has 0 amide bonds. The van der Waals surface area contributed by atoms with E-state index in [0.29, 0.717) is 0 Å². The lowest BCUT2D eigenvalue weighted by Crippen LogP contribution is -2.00. The Morgan fingerprint density at radius 1 is 1.47 bits per heavy atom. The summed E-state index contributed by atoms with van der Waals surface area (Å²) in [6.07, 6.45) is 1.38. The number of hydrogen-bond acceptors (Lipinski definition) is 4. The van der Waals surface area contributed by atoms with Gasteiger partial charge in [0.25, 0.3) is 0 Å². The average molecular weight is 285 g/mol. The van der Waals surface area contributed by atoms with E-state index in [1.54, 1.807) is 0 Å². The smallest absolute Gasteiger partial charge is 0.312 e. The van der Waals surface area contributed by atoms with Crippen molar-refractivity contribution in [2.24, 2.45) is 5.16 Å². The van der Waals surface area contributed by atoms with Crippen LogP contribution in [0.2, 0.25) is 0 Å². The largest absolute Gasteiger partial charge is 0.379 e. The van der Waals surface area contributed by atoms with E-state index >= 15 is 0 Å². The SMILES string of the molecule is O=C(ON=Cc1ccsc1)C(Cl)=C(Cl)Cl. The minimum Gasteiger partial charge on any atom is -0.312 e. The van der Waals surface area contributed by atoms with Crippen LogP contribution in [0.15, 0.2) is 31.5 Å². The highest BCUT2D eigenvalue weighted by Crippen LogP contribution is 2.18. The Balaban J connectivity index is 2.52. The van der Waals surface area contributed by atoms with Crippen molar-refractivity contribution in [3.05, 3.63) is 31.9 Å². The maximum atomic E-state index is 11.0. The lowest BCUT2D eigenvalue weighted by atomic mass is 10.4. The third-order valence-corrected chi connectivity index (χ3v) is 2.84. The molecule has 0 aliphatic heterocycles. The molecule has 0 aliphatic rings. The molecule has 1 aromatic heterocycles. The van der Waals surface area contributed by atoms with Gasteiger partial charge in [0.05, 0.1) is 6.21 Å². The summed E-state index contributed by atoms with van der Waals surface area (Å²) >= 11 is 17.4. The van der Waals surface area contributed by atoms with Crippen LogP contribution < -0.4 is 0 Å². The van der Waals surface area contributed by atoms with Gasteiger partial charge in [0.15, 0.2) is 5.03 Å². The second-order valence-electron chi connectivity index (χ2n) is 2.24. The molecule has 0 saturated heterocycles. The van der Waals surface area contributed by atoms with Crippen LogP contribution in [0.1, 0.15) is 5.56 Å². The van der Waals surface area contributed by atoms with Crippen LogP contribution in [-0.2, 0) is 9.63 Å². The number of carbonyl (C=O) groups is 1. The zero-order chi connectivity index (χ0) is 11.3. The predicted molar refractivity (Wildman–Crippen MR) is 62.6 cm³/mol. The van der Waals surface area contributed by atoms with Gasteiger partial charge in [0.2, 0.25) is 0 Å². The molecule has 0 N–H and O–H groups in total. The summed E-state index contributed by atoms with van der Waals surface area (Å²) in [4.78, 5) is 15.4. The van der Waals surface area contributed by atoms with Crippen LogP contribution >= 0.6 is 46.1 Å². The lowest BCUT2D eigenvalue weighted by molar-refractivity contribution is -0.138. The maximum absolute atomic E-state index is 11.0. The van der Waals surface area contributed by atoms with E-state index in [4.69, 9.17) is 34.8 Å². The Hall–Kier alpha value is -0.550. The fourth-order valence-corrected chi connectivity index (χ4v) is 1.40. The van der Waals surface area contributed by atoms with E-state index in [0.717, 1.165) is 5.56 Å². The summed E-state index contributed by atoms with van der Waals surface area (Å²) in [5.74, 6) is -0.900. The van der Waals surface area contributed by atoms with Crippen LogP contribution in [0, 0.1) is 0 Å². The number of nitrogens with zero attached hydrogens (tertiary/aromatic N) is 1. The summed E-state index contributed by atoms with van der Waals surface area (Å²) in [5, 5.41) is 6.71. The Kier molecular flexibility index (Phi) is 5.11. The van der Waals surface area contributed by atoms with Gasteiger partial charge in [-0.05, 0) is 16.8 Å². The molecule has 0 radical (unpaired) electrons. The van der Waals surface area contributed by atoms with Gasteiger partial charge in [-0.2, -0.15) is 11.3 Å². The fraction of sp³-hybridized carbons (Fsp3) is 0. The third kappa shape index (κ3) is 4.22. The van der Waals surface area contributed by atoms with Crippen LogP contribution in [0.3, 0.4) is 0 Å². The first kappa shape index (κ1) is 12.5. The number of halogens is 3. The van der Waals surface area contributed by atoms with E-state index in [9.17, 15) is 4.79 Å². The van der Waals surface area contributed by atoms with E-state index in [1.807, 2.05) is 16.8 Å². The Morgan fingerprint density at radius 3 is 2.73 bits per heavy atom. The third-order valence-electron chi connectivity index (χ3n) is 1.23. The van der Waals surface area contributed by atoms with Crippen LogP contribution in [0.4, 0.5) is 0 Å². The van der Waals surface area contributed by atoms with Crippen molar-refractivity contribution in [2.75, 3.05) is 0 Å². The van der Waals surface area contributed by atoms with Gasteiger partial charge in [-0.1, -0.05) is 40.0 Å². The second kappa shape index (κ2) is 6.12.